The van der Waals surface area contributed by atoms with Gasteiger partial charge in [-0.05, 0) is 96.3 Å². The first-order valence-electron chi connectivity index (χ1n) is 23.8. The van der Waals surface area contributed by atoms with Crippen molar-refractivity contribution in [3.05, 3.63) is 97.2 Å². The van der Waals surface area contributed by atoms with E-state index < -0.39 is 6.10 Å². The molecule has 0 spiro atoms. The Labute approximate surface area is 353 Å². The van der Waals surface area contributed by atoms with Crippen LogP contribution in [0.25, 0.3) is 0 Å². The first-order chi connectivity index (χ1) is 28.2. The van der Waals surface area contributed by atoms with E-state index in [9.17, 15) is 9.90 Å². The van der Waals surface area contributed by atoms with Crippen LogP contribution in [0.15, 0.2) is 97.2 Å². The van der Waals surface area contributed by atoms with Gasteiger partial charge in [0.15, 0.2) is 0 Å². The minimum atomic E-state index is -0.555. The molecule has 0 aromatic carbocycles. The summed E-state index contributed by atoms with van der Waals surface area (Å²) in [5, 5.41) is 9.63. The molecule has 0 saturated carbocycles. The lowest BCUT2D eigenvalue weighted by Crippen LogP contribution is -2.27. The van der Waals surface area contributed by atoms with E-state index in [0.717, 1.165) is 77.0 Å². The Balaban J connectivity index is 3.52. The molecule has 0 radical (unpaired) electrons. The molecule has 0 aromatic heterocycles. The van der Waals surface area contributed by atoms with Gasteiger partial charge in [0.1, 0.15) is 6.10 Å². The fourth-order valence-electron chi connectivity index (χ4n) is 6.36. The number of aliphatic hydroxyl groups is 1. The number of aliphatic hydroxyl groups excluding tert-OH is 1. The fraction of sp³-hybridized carbons (Fsp3) is 0.679. The molecule has 4 nitrogen and oxygen atoms in total. The van der Waals surface area contributed by atoms with E-state index in [1.54, 1.807) is 0 Å². The van der Waals surface area contributed by atoms with E-state index >= 15 is 0 Å². The zero-order valence-corrected chi connectivity index (χ0v) is 37.3. The molecule has 4 heteroatoms. The molecule has 1 unspecified atom stereocenters. The first-order valence-corrected chi connectivity index (χ1v) is 23.8. The van der Waals surface area contributed by atoms with E-state index in [4.69, 9.17) is 9.47 Å². The van der Waals surface area contributed by atoms with Gasteiger partial charge < -0.3 is 14.6 Å². The highest BCUT2D eigenvalue weighted by Crippen LogP contribution is 2.13. The van der Waals surface area contributed by atoms with Gasteiger partial charge in [0.05, 0.1) is 13.2 Å². The maximum atomic E-state index is 12.2. The van der Waals surface area contributed by atoms with Gasteiger partial charge in [-0.25, -0.2) is 0 Å². The average Bonchev–Trinajstić information content (AvgIpc) is 3.22. The van der Waals surface area contributed by atoms with Crippen LogP contribution in [0.3, 0.4) is 0 Å². The number of unbranched alkanes of at least 4 members (excludes halogenated alkanes) is 19. The second-order valence-electron chi connectivity index (χ2n) is 15.4. The third-order valence-electron chi connectivity index (χ3n) is 9.89. The smallest absolute Gasteiger partial charge is 0.306 e. The summed E-state index contributed by atoms with van der Waals surface area (Å²) >= 11 is 0. The maximum Gasteiger partial charge on any atom is 0.306 e. The van der Waals surface area contributed by atoms with Gasteiger partial charge >= 0.3 is 5.97 Å². The monoisotopic (exact) mass is 791 g/mol. The van der Waals surface area contributed by atoms with Gasteiger partial charge in [0.2, 0.25) is 0 Å². The summed E-state index contributed by atoms with van der Waals surface area (Å²) in [6.07, 6.45) is 70.5. The minimum Gasteiger partial charge on any atom is -0.457 e. The number of allylic oxidation sites excluding steroid dienone is 16. The predicted molar refractivity (Wildman–Crippen MR) is 251 cm³/mol. The Hall–Kier alpha value is -2.69. The lowest BCUT2D eigenvalue weighted by atomic mass is 10.1. The van der Waals surface area contributed by atoms with E-state index in [2.05, 4.69) is 111 Å². The topological polar surface area (TPSA) is 55.8 Å². The SMILES string of the molecule is CC/C=C\C/C=C\C/C=C\C/C=C\C/C=C\C/C=C\CCCCCCCOCC(CO)OC(=O)CCCCCCCCCCC/C=C\C/C=C\CCCCCCC. The molecule has 0 amide bonds. The summed E-state index contributed by atoms with van der Waals surface area (Å²) in [7, 11) is 0. The van der Waals surface area contributed by atoms with Gasteiger partial charge in [-0.3, -0.25) is 4.79 Å². The number of hydrogen-bond donors (Lipinski definition) is 1. The standard InChI is InChI=1S/C53H90O4/c1-3-5-7-9-11-13-15-17-19-21-23-25-26-27-29-31-33-35-37-39-41-43-45-47-49-56-51-52(50-54)57-53(55)48-46-44-42-40-38-36-34-32-30-28-24-22-20-18-16-14-12-10-8-6-4-2/h5,7,11,13,16-19,22-25,27,29,33,35,52,54H,3-4,6,8-10,12,14-15,20-21,26,28,30-32,34,36-51H2,1-2H3/b7-5-,13-11-,18-16-,19-17-,24-22-,25-23-,29-27-,35-33-. The zero-order valence-electron chi connectivity index (χ0n) is 37.3. The summed E-state index contributed by atoms with van der Waals surface area (Å²) in [4.78, 5) is 12.2. The van der Waals surface area contributed by atoms with Gasteiger partial charge in [-0.1, -0.05) is 201 Å². The van der Waals surface area contributed by atoms with Gasteiger partial charge in [0, 0.05) is 13.0 Å². The highest BCUT2D eigenvalue weighted by Gasteiger charge is 2.13. The van der Waals surface area contributed by atoms with Crippen LogP contribution in [0.5, 0.6) is 0 Å². The molecule has 326 valence electrons. The van der Waals surface area contributed by atoms with E-state index in [1.807, 2.05) is 0 Å². The predicted octanol–water partition coefficient (Wildman–Crippen LogP) is 16.1. The van der Waals surface area contributed by atoms with Gasteiger partial charge in [0.25, 0.3) is 0 Å². The largest absolute Gasteiger partial charge is 0.457 e. The molecule has 0 aliphatic carbocycles. The number of ether oxygens (including phenoxy) is 2. The van der Waals surface area contributed by atoms with Crippen LogP contribution in [0.1, 0.15) is 206 Å². The van der Waals surface area contributed by atoms with Crippen LogP contribution in [-0.2, 0) is 14.3 Å². The van der Waals surface area contributed by atoms with Crippen LogP contribution in [-0.4, -0.2) is 37.0 Å². The molecule has 0 saturated heterocycles. The molecule has 0 rings (SSSR count). The molecule has 0 aromatic rings. The van der Waals surface area contributed by atoms with Crippen molar-refractivity contribution in [1.82, 2.24) is 0 Å². The number of esters is 1. The maximum absolute atomic E-state index is 12.2. The molecule has 0 bridgehead atoms. The highest BCUT2D eigenvalue weighted by molar-refractivity contribution is 5.69. The summed E-state index contributed by atoms with van der Waals surface area (Å²) in [5.41, 5.74) is 0. The Kier molecular flexibility index (Phi) is 47.1. The van der Waals surface area contributed by atoms with Crippen molar-refractivity contribution in [2.75, 3.05) is 19.8 Å². The van der Waals surface area contributed by atoms with Gasteiger partial charge in [-0.15, -0.1) is 0 Å². The molecule has 0 heterocycles. The second kappa shape index (κ2) is 49.5. The molecular formula is C53H90O4. The average molecular weight is 791 g/mol. The van der Waals surface area contributed by atoms with Crippen molar-refractivity contribution >= 4 is 5.97 Å². The number of hydrogen-bond acceptors (Lipinski definition) is 4. The third-order valence-corrected chi connectivity index (χ3v) is 9.89. The molecule has 0 aliphatic rings. The number of rotatable bonds is 43. The molecular weight excluding hydrogens is 701 g/mol. The van der Waals surface area contributed by atoms with Crippen molar-refractivity contribution in [3.63, 3.8) is 0 Å². The molecule has 0 aliphatic heterocycles. The quantitative estimate of drug-likeness (QED) is 0.0380. The van der Waals surface area contributed by atoms with Crippen molar-refractivity contribution in [2.45, 2.75) is 213 Å². The zero-order chi connectivity index (χ0) is 41.2. The Morgan fingerprint density at radius 3 is 1.19 bits per heavy atom. The van der Waals surface area contributed by atoms with E-state index in [0.29, 0.717) is 13.0 Å². The summed E-state index contributed by atoms with van der Waals surface area (Å²) < 4.78 is 11.2. The third kappa shape index (κ3) is 47.6. The number of carbonyl (C=O) groups excluding carboxylic acids is 1. The highest BCUT2D eigenvalue weighted by atomic mass is 16.6. The minimum absolute atomic E-state index is 0.187. The Bertz CT molecular complexity index is 1060. The molecule has 0 fully saturated rings. The van der Waals surface area contributed by atoms with Crippen LogP contribution >= 0.6 is 0 Å². The second-order valence-corrected chi connectivity index (χ2v) is 15.4. The van der Waals surface area contributed by atoms with E-state index in [-0.39, 0.29) is 19.2 Å². The Morgan fingerprint density at radius 2 is 0.789 bits per heavy atom. The lowest BCUT2D eigenvalue weighted by Gasteiger charge is -2.15. The summed E-state index contributed by atoms with van der Waals surface area (Å²) in [5.74, 6) is -0.215. The van der Waals surface area contributed by atoms with Crippen LogP contribution < -0.4 is 0 Å². The van der Waals surface area contributed by atoms with Crippen molar-refractivity contribution in [1.29, 1.82) is 0 Å². The van der Waals surface area contributed by atoms with Crippen LogP contribution in [0.4, 0.5) is 0 Å². The van der Waals surface area contributed by atoms with Crippen LogP contribution in [0, 0.1) is 0 Å². The fourth-order valence-corrected chi connectivity index (χ4v) is 6.36. The van der Waals surface area contributed by atoms with Crippen molar-refractivity contribution in [3.8, 4) is 0 Å². The lowest BCUT2D eigenvalue weighted by molar-refractivity contribution is -0.154. The summed E-state index contributed by atoms with van der Waals surface area (Å²) in [6, 6.07) is 0. The number of carbonyl (C=O) groups is 1. The van der Waals surface area contributed by atoms with Gasteiger partial charge in [-0.2, -0.15) is 0 Å². The molecule has 57 heavy (non-hydrogen) atoms. The summed E-state index contributed by atoms with van der Waals surface area (Å²) in [6.45, 7) is 5.17. The molecule has 1 atom stereocenters. The van der Waals surface area contributed by atoms with Crippen molar-refractivity contribution in [2.24, 2.45) is 0 Å². The first kappa shape index (κ1) is 54.3. The molecule has 1 N–H and O–H groups in total. The Morgan fingerprint density at radius 1 is 0.439 bits per heavy atom. The van der Waals surface area contributed by atoms with Crippen molar-refractivity contribution < 1.29 is 19.4 Å². The van der Waals surface area contributed by atoms with E-state index in [1.165, 1.54) is 109 Å². The normalized spacial score (nSPS) is 13.2. The van der Waals surface area contributed by atoms with Crippen LogP contribution in [0.2, 0.25) is 0 Å².